The van der Waals surface area contributed by atoms with Gasteiger partial charge in [-0.3, -0.25) is 13.9 Å². The van der Waals surface area contributed by atoms with Gasteiger partial charge in [0.25, 0.3) is 5.56 Å². The Balaban J connectivity index is 1.51. The fourth-order valence-corrected chi connectivity index (χ4v) is 7.40. The molecule has 1 saturated carbocycles. The molecule has 4 aromatic heterocycles. The maximum atomic E-state index is 14.6. The lowest BCUT2D eigenvalue weighted by molar-refractivity contribution is 0.417. The Bertz CT molecular complexity index is 2310. The van der Waals surface area contributed by atoms with Crippen LogP contribution >= 0.6 is 11.3 Å². The summed E-state index contributed by atoms with van der Waals surface area (Å²) >= 11 is 1.46. The molecule has 230 valence electrons. The normalized spacial score (nSPS) is 14.2. The van der Waals surface area contributed by atoms with Crippen LogP contribution in [0.3, 0.4) is 0 Å². The molecular formula is C31H28FN7O4S2. The van der Waals surface area contributed by atoms with E-state index in [1.165, 1.54) is 36.9 Å². The Morgan fingerprint density at radius 3 is 2.64 bits per heavy atom. The van der Waals surface area contributed by atoms with Crippen LogP contribution in [-0.4, -0.2) is 45.9 Å². The van der Waals surface area contributed by atoms with Crippen molar-refractivity contribution in [3.05, 3.63) is 87.7 Å². The molecule has 0 unspecified atom stereocenters. The Kier molecular flexibility index (Phi) is 6.85. The van der Waals surface area contributed by atoms with Crippen LogP contribution in [-0.2, 0) is 10.0 Å². The van der Waals surface area contributed by atoms with Gasteiger partial charge in [-0.1, -0.05) is 12.1 Å². The van der Waals surface area contributed by atoms with Gasteiger partial charge < -0.3 is 10.5 Å². The number of nitrogen functional groups attached to an aromatic ring is 1. The standard InChI is InChI=1S/C31H28FN7O4S2/c1-16-14-44-24-13-21(25(31(40)38(16)24)18-5-4-6-20(32)11-18)28(17-7-8-17)39-30-26(29(33)34-15-35-30)27(36-39)19-9-10-23(43-2)22(12-19)37-45(3,41)42/h4-6,9-15,17,28,37H,7-8H2,1-3H3,(H2,33,34,35)/t28-/m0/s1. The second-order valence-electron chi connectivity index (χ2n) is 11.2. The Hall–Kier alpha value is -4.82. The number of hydrogen-bond acceptors (Lipinski definition) is 9. The van der Waals surface area contributed by atoms with E-state index in [0.29, 0.717) is 44.7 Å². The van der Waals surface area contributed by atoms with Gasteiger partial charge in [0.05, 0.1) is 36.0 Å². The molecule has 6 aromatic rings. The van der Waals surface area contributed by atoms with Gasteiger partial charge in [-0.05, 0) is 73.2 Å². The van der Waals surface area contributed by atoms with Crippen molar-refractivity contribution in [2.24, 2.45) is 5.92 Å². The number of anilines is 2. The number of hydrogen-bond donors (Lipinski definition) is 2. The van der Waals surface area contributed by atoms with Crippen molar-refractivity contribution in [2.45, 2.75) is 25.8 Å². The van der Waals surface area contributed by atoms with E-state index in [0.717, 1.165) is 29.6 Å². The van der Waals surface area contributed by atoms with E-state index < -0.39 is 21.9 Å². The molecule has 0 saturated heterocycles. The minimum absolute atomic E-state index is 0.116. The first-order valence-electron chi connectivity index (χ1n) is 14.1. The highest BCUT2D eigenvalue weighted by Gasteiger charge is 2.39. The van der Waals surface area contributed by atoms with Gasteiger partial charge in [0, 0.05) is 16.6 Å². The number of aromatic nitrogens is 5. The van der Waals surface area contributed by atoms with Crippen molar-refractivity contribution < 1.29 is 17.5 Å². The Morgan fingerprint density at radius 2 is 1.93 bits per heavy atom. The van der Waals surface area contributed by atoms with Crippen LogP contribution in [0.1, 0.15) is 30.1 Å². The lowest BCUT2D eigenvalue weighted by atomic mass is 9.93. The number of ether oxygens (including phenoxy) is 1. The summed E-state index contributed by atoms with van der Waals surface area (Å²) in [6, 6.07) is 12.6. The zero-order valence-electron chi connectivity index (χ0n) is 24.5. The summed E-state index contributed by atoms with van der Waals surface area (Å²) in [5.74, 6) is 0.191. The van der Waals surface area contributed by atoms with E-state index in [9.17, 15) is 17.6 Å². The summed E-state index contributed by atoms with van der Waals surface area (Å²) in [6.45, 7) is 1.87. The smallest absolute Gasteiger partial charge is 0.264 e. The van der Waals surface area contributed by atoms with E-state index in [2.05, 4.69) is 14.7 Å². The molecule has 4 heterocycles. The molecule has 1 aliphatic rings. The number of thiazole rings is 1. The summed E-state index contributed by atoms with van der Waals surface area (Å²) in [4.78, 5) is 23.8. The number of pyridine rings is 1. The van der Waals surface area contributed by atoms with Crippen molar-refractivity contribution >= 4 is 48.7 Å². The van der Waals surface area contributed by atoms with E-state index in [1.807, 2.05) is 18.4 Å². The molecular weight excluding hydrogens is 618 g/mol. The van der Waals surface area contributed by atoms with Gasteiger partial charge >= 0.3 is 0 Å². The number of fused-ring (bicyclic) bond motifs is 2. The maximum Gasteiger partial charge on any atom is 0.264 e. The molecule has 2 aromatic carbocycles. The third-order valence-electron chi connectivity index (χ3n) is 7.96. The summed E-state index contributed by atoms with van der Waals surface area (Å²) in [7, 11) is -2.18. The highest BCUT2D eigenvalue weighted by atomic mass is 32.2. The van der Waals surface area contributed by atoms with Gasteiger partial charge in [0.15, 0.2) is 5.65 Å². The molecule has 1 aliphatic carbocycles. The van der Waals surface area contributed by atoms with Crippen LogP contribution in [0, 0.1) is 18.7 Å². The second kappa shape index (κ2) is 10.7. The molecule has 1 atom stereocenters. The van der Waals surface area contributed by atoms with Crippen molar-refractivity contribution in [3.63, 3.8) is 0 Å². The molecule has 11 nitrogen and oxygen atoms in total. The highest BCUT2D eigenvalue weighted by Crippen LogP contribution is 2.48. The average Bonchev–Trinajstić information content (AvgIpc) is 3.64. The summed E-state index contributed by atoms with van der Waals surface area (Å²) in [5.41, 5.74) is 10.2. The minimum Gasteiger partial charge on any atom is -0.495 e. The number of nitrogens with zero attached hydrogens (tertiary/aromatic N) is 5. The first kappa shape index (κ1) is 28.9. The van der Waals surface area contributed by atoms with Gasteiger partial charge in [-0.2, -0.15) is 5.10 Å². The maximum absolute atomic E-state index is 14.6. The topological polar surface area (TPSA) is 146 Å². The molecule has 0 spiro atoms. The zero-order valence-corrected chi connectivity index (χ0v) is 26.1. The number of benzene rings is 2. The van der Waals surface area contributed by atoms with Crippen molar-refractivity contribution in [1.82, 2.24) is 24.1 Å². The summed E-state index contributed by atoms with van der Waals surface area (Å²) in [5, 5.41) is 7.46. The minimum atomic E-state index is -3.62. The quantitative estimate of drug-likeness (QED) is 0.228. The molecule has 0 bridgehead atoms. The van der Waals surface area contributed by atoms with Gasteiger partial charge in [-0.15, -0.1) is 11.3 Å². The molecule has 0 amide bonds. The molecule has 7 rings (SSSR count). The lowest BCUT2D eigenvalue weighted by Gasteiger charge is -2.22. The number of aryl methyl sites for hydroxylation is 1. The molecule has 3 N–H and O–H groups in total. The number of methoxy groups -OCH3 is 1. The third-order valence-corrected chi connectivity index (χ3v) is 9.55. The zero-order chi connectivity index (χ0) is 31.6. The van der Waals surface area contributed by atoms with Gasteiger partial charge in [0.2, 0.25) is 10.0 Å². The number of sulfonamides is 1. The molecule has 0 radical (unpaired) electrons. The Labute approximate surface area is 261 Å². The fourth-order valence-electron chi connectivity index (χ4n) is 5.92. The predicted molar refractivity (Wildman–Crippen MR) is 173 cm³/mol. The van der Waals surface area contributed by atoms with Crippen LogP contribution in [0.15, 0.2) is 65.0 Å². The van der Waals surface area contributed by atoms with Crippen LogP contribution < -0.4 is 20.8 Å². The van der Waals surface area contributed by atoms with Crippen LogP contribution in [0.2, 0.25) is 0 Å². The van der Waals surface area contributed by atoms with Gasteiger partial charge in [-0.25, -0.2) is 27.5 Å². The second-order valence-corrected chi connectivity index (χ2v) is 13.8. The number of rotatable bonds is 8. The van der Waals surface area contributed by atoms with Crippen LogP contribution in [0.25, 0.3) is 38.2 Å². The van der Waals surface area contributed by atoms with Crippen molar-refractivity contribution in [1.29, 1.82) is 0 Å². The average molecular weight is 646 g/mol. The SMILES string of the molecule is COc1ccc(-c2nn([C@H](c3cc4scc(C)n4c(=O)c3-c3cccc(F)c3)C3CC3)c3ncnc(N)c23)cc1NS(C)(=O)=O. The summed E-state index contributed by atoms with van der Waals surface area (Å²) in [6.07, 6.45) is 4.19. The third kappa shape index (κ3) is 5.09. The van der Waals surface area contributed by atoms with E-state index in [-0.39, 0.29) is 23.0 Å². The monoisotopic (exact) mass is 645 g/mol. The number of halogens is 1. The Morgan fingerprint density at radius 1 is 1.13 bits per heavy atom. The van der Waals surface area contributed by atoms with Crippen LogP contribution in [0.4, 0.5) is 15.9 Å². The first-order valence-corrected chi connectivity index (χ1v) is 16.9. The molecule has 14 heteroatoms. The van der Waals surface area contributed by atoms with E-state index >= 15 is 0 Å². The lowest BCUT2D eigenvalue weighted by Crippen LogP contribution is -2.23. The van der Waals surface area contributed by atoms with Crippen molar-refractivity contribution in [2.75, 3.05) is 23.8 Å². The largest absolute Gasteiger partial charge is 0.495 e. The fraction of sp³-hybridized carbons (Fsp3) is 0.226. The molecule has 45 heavy (non-hydrogen) atoms. The van der Waals surface area contributed by atoms with E-state index in [4.69, 9.17) is 15.6 Å². The molecule has 0 aliphatic heterocycles. The number of nitrogens with two attached hydrogens (primary N) is 1. The van der Waals surface area contributed by atoms with Crippen molar-refractivity contribution in [3.8, 4) is 28.1 Å². The first-order chi connectivity index (χ1) is 21.5. The molecule has 1 fully saturated rings. The highest BCUT2D eigenvalue weighted by molar-refractivity contribution is 7.92. The predicted octanol–water partition coefficient (Wildman–Crippen LogP) is 5.24. The van der Waals surface area contributed by atoms with Gasteiger partial charge in [0.1, 0.15) is 34.2 Å². The van der Waals surface area contributed by atoms with E-state index in [1.54, 1.807) is 39.4 Å². The summed E-state index contributed by atoms with van der Waals surface area (Å²) < 4.78 is 50.1. The van der Waals surface area contributed by atoms with Crippen LogP contribution in [0.5, 0.6) is 5.75 Å². The number of nitrogens with one attached hydrogen (secondary N) is 1.